The number of hydrogen-bond acceptors (Lipinski definition) is 4. The van der Waals surface area contributed by atoms with Crippen molar-refractivity contribution in [2.24, 2.45) is 0 Å². The number of amides is 1. The topological polar surface area (TPSA) is 56.8 Å². The highest BCUT2D eigenvalue weighted by molar-refractivity contribution is 6.62. The van der Waals surface area contributed by atoms with Crippen molar-refractivity contribution in [1.29, 1.82) is 0 Å². The van der Waals surface area contributed by atoms with E-state index in [1.165, 1.54) is 0 Å². The summed E-state index contributed by atoms with van der Waals surface area (Å²) in [7, 11) is -0.383. The third kappa shape index (κ3) is 4.02. The van der Waals surface area contributed by atoms with Crippen molar-refractivity contribution in [1.82, 2.24) is 5.32 Å². The molecule has 1 saturated carbocycles. The average molecular weight is 373 g/mol. The zero-order chi connectivity index (χ0) is 20.1. The number of carbonyl (C=O) groups is 1. The number of carbonyl (C=O) groups excluding carboxylic acids is 1. The van der Waals surface area contributed by atoms with Gasteiger partial charge in [0.15, 0.2) is 0 Å². The molecule has 0 bridgehead atoms. The summed E-state index contributed by atoms with van der Waals surface area (Å²) in [6, 6.07) is 8.10. The number of ether oxygens (including phenoxy) is 1. The number of benzene rings is 1. The number of hydrogen-bond donors (Lipinski definition) is 1. The van der Waals surface area contributed by atoms with Crippen molar-refractivity contribution in [3.63, 3.8) is 0 Å². The SMILES string of the molecule is CC(C)(C)NC(=O)OC1(c2ccc(B3OC(C)(C)C(C)(C)O3)cc2)CCC1. The summed E-state index contributed by atoms with van der Waals surface area (Å²) in [6.45, 7) is 14.0. The van der Waals surface area contributed by atoms with E-state index in [9.17, 15) is 4.79 Å². The summed E-state index contributed by atoms with van der Waals surface area (Å²) in [4.78, 5) is 12.3. The van der Waals surface area contributed by atoms with Crippen molar-refractivity contribution >= 4 is 18.7 Å². The van der Waals surface area contributed by atoms with Crippen LogP contribution in [0.1, 0.15) is 73.3 Å². The van der Waals surface area contributed by atoms with Gasteiger partial charge in [0.25, 0.3) is 0 Å². The first-order valence-corrected chi connectivity index (χ1v) is 9.81. The second-order valence-electron chi connectivity index (χ2n) is 9.82. The van der Waals surface area contributed by atoms with E-state index in [1.807, 2.05) is 72.7 Å². The van der Waals surface area contributed by atoms with Crippen LogP contribution in [0.5, 0.6) is 0 Å². The van der Waals surface area contributed by atoms with Gasteiger partial charge in [0.1, 0.15) is 5.60 Å². The van der Waals surface area contributed by atoms with E-state index in [0.717, 1.165) is 30.3 Å². The molecule has 0 unspecified atom stereocenters. The molecule has 0 aromatic heterocycles. The molecule has 1 aliphatic carbocycles. The lowest BCUT2D eigenvalue weighted by Crippen LogP contribution is -2.47. The van der Waals surface area contributed by atoms with Gasteiger partial charge in [-0.15, -0.1) is 0 Å². The molecule has 27 heavy (non-hydrogen) atoms. The molecule has 1 saturated heterocycles. The van der Waals surface area contributed by atoms with Crippen LogP contribution in [0.15, 0.2) is 24.3 Å². The monoisotopic (exact) mass is 373 g/mol. The number of nitrogens with one attached hydrogen (secondary N) is 1. The minimum absolute atomic E-state index is 0.317. The summed E-state index contributed by atoms with van der Waals surface area (Å²) in [5, 5.41) is 2.89. The van der Waals surface area contributed by atoms with Crippen molar-refractivity contribution in [3.8, 4) is 0 Å². The van der Waals surface area contributed by atoms with E-state index in [2.05, 4.69) is 5.32 Å². The standard InChI is InChI=1S/C21H32BNO4/c1-18(2,3)23-17(24)25-21(13-8-14-21)15-9-11-16(12-10-15)22-26-19(4,5)20(6,7)27-22/h9-12H,8,13-14H2,1-7H3,(H,23,24). The van der Waals surface area contributed by atoms with Crippen molar-refractivity contribution in [2.75, 3.05) is 0 Å². The van der Waals surface area contributed by atoms with Gasteiger partial charge < -0.3 is 19.4 Å². The Labute approximate surface area is 163 Å². The highest BCUT2D eigenvalue weighted by Crippen LogP contribution is 2.45. The van der Waals surface area contributed by atoms with Crippen LogP contribution in [0.25, 0.3) is 0 Å². The molecule has 0 spiro atoms. The first kappa shape index (κ1) is 20.2. The maximum absolute atomic E-state index is 12.3. The van der Waals surface area contributed by atoms with Crippen LogP contribution in [0.4, 0.5) is 4.79 Å². The molecule has 1 aliphatic heterocycles. The van der Waals surface area contributed by atoms with Crippen molar-refractivity contribution < 1.29 is 18.8 Å². The van der Waals surface area contributed by atoms with E-state index in [4.69, 9.17) is 14.0 Å². The Morgan fingerprint density at radius 1 is 1.04 bits per heavy atom. The molecule has 0 radical (unpaired) electrons. The Hall–Kier alpha value is -1.53. The first-order chi connectivity index (χ1) is 12.3. The molecule has 148 valence electrons. The fourth-order valence-corrected chi connectivity index (χ4v) is 3.38. The highest BCUT2D eigenvalue weighted by atomic mass is 16.7. The molecule has 6 heteroatoms. The molecule has 2 fully saturated rings. The van der Waals surface area contributed by atoms with Crippen LogP contribution in [0.3, 0.4) is 0 Å². The zero-order valence-corrected chi connectivity index (χ0v) is 17.6. The third-order valence-electron chi connectivity index (χ3n) is 5.89. The molecule has 2 aliphatic rings. The van der Waals surface area contributed by atoms with Gasteiger partial charge in [-0.3, -0.25) is 0 Å². The summed E-state index contributed by atoms with van der Waals surface area (Å²) in [5.41, 5.74) is 0.440. The summed E-state index contributed by atoms with van der Waals surface area (Å²) >= 11 is 0. The maximum atomic E-state index is 12.3. The molecule has 1 aromatic rings. The van der Waals surface area contributed by atoms with Gasteiger partial charge in [-0.05, 0) is 78.8 Å². The van der Waals surface area contributed by atoms with E-state index >= 15 is 0 Å². The first-order valence-electron chi connectivity index (χ1n) is 9.81. The van der Waals surface area contributed by atoms with Gasteiger partial charge in [0, 0.05) is 5.54 Å². The Bertz CT molecular complexity index is 686. The molecule has 1 aromatic carbocycles. The van der Waals surface area contributed by atoms with Gasteiger partial charge in [0.2, 0.25) is 0 Å². The van der Waals surface area contributed by atoms with Crippen LogP contribution in [0.2, 0.25) is 0 Å². The highest BCUT2D eigenvalue weighted by Gasteiger charge is 2.52. The van der Waals surface area contributed by atoms with E-state index in [1.54, 1.807) is 0 Å². The van der Waals surface area contributed by atoms with Crippen LogP contribution < -0.4 is 10.8 Å². The average Bonchev–Trinajstić information content (AvgIpc) is 2.70. The Morgan fingerprint density at radius 2 is 1.56 bits per heavy atom. The summed E-state index contributed by atoms with van der Waals surface area (Å²) in [5.74, 6) is 0. The van der Waals surface area contributed by atoms with Gasteiger partial charge in [0.05, 0.1) is 11.2 Å². The van der Waals surface area contributed by atoms with Crippen LogP contribution in [-0.4, -0.2) is 30.0 Å². The Morgan fingerprint density at radius 3 is 1.96 bits per heavy atom. The van der Waals surface area contributed by atoms with Crippen molar-refractivity contribution in [3.05, 3.63) is 29.8 Å². The predicted molar refractivity (Wildman–Crippen MR) is 107 cm³/mol. The van der Waals surface area contributed by atoms with Gasteiger partial charge >= 0.3 is 13.2 Å². The maximum Gasteiger partial charge on any atom is 0.494 e. The second-order valence-corrected chi connectivity index (χ2v) is 9.82. The van der Waals surface area contributed by atoms with Crippen LogP contribution in [-0.2, 0) is 19.6 Å². The molecule has 5 nitrogen and oxygen atoms in total. The molecular weight excluding hydrogens is 341 g/mol. The molecule has 3 rings (SSSR count). The van der Waals surface area contributed by atoms with E-state index in [-0.39, 0.29) is 30.0 Å². The van der Waals surface area contributed by atoms with Gasteiger partial charge in [-0.1, -0.05) is 24.3 Å². The lowest BCUT2D eigenvalue weighted by atomic mass is 9.72. The minimum Gasteiger partial charge on any atom is -0.438 e. The number of rotatable bonds is 3. The Balaban J connectivity index is 1.74. The Kier molecular flexibility index (Phi) is 4.88. The molecule has 1 N–H and O–H groups in total. The van der Waals surface area contributed by atoms with Gasteiger partial charge in [-0.25, -0.2) is 4.79 Å². The lowest BCUT2D eigenvalue weighted by molar-refractivity contribution is -0.0549. The largest absolute Gasteiger partial charge is 0.494 e. The molecule has 0 atom stereocenters. The normalized spacial score (nSPS) is 22.9. The van der Waals surface area contributed by atoms with E-state index < -0.39 is 5.60 Å². The van der Waals surface area contributed by atoms with Crippen LogP contribution in [0, 0.1) is 0 Å². The van der Waals surface area contributed by atoms with E-state index in [0.29, 0.717) is 0 Å². The van der Waals surface area contributed by atoms with Crippen LogP contribution >= 0.6 is 0 Å². The summed E-state index contributed by atoms with van der Waals surface area (Å²) in [6.07, 6.45) is 2.39. The number of alkyl carbamates (subject to hydrolysis) is 1. The molecular formula is C21H32BNO4. The molecule has 1 heterocycles. The minimum atomic E-state index is -0.524. The molecule has 1 amide bonds. The third-order valence-corrected chi connectivity index (χ3v) is 5.89. The predicted octanol–water partition coefficient (Wildman–Crippen LogP) is 3.89. The zero-order valence-electron chi connectivity index (χ0n) is 17.6. The van der Waals surface area contributed by atoms with Crippen molar-refractivity contribution in [2.45, 2.75) is 90.1 Å². The van der Waals surface area contributed by atoms with Gasteiger partial charge in [-0.2, -0.15) is 0 Å². The fourth-order valence-electron chi connectivity index (χ4n) is 3.38. The summed E-state index contributed by atoms with van der Waals surface area (Å²) < 4.78 is 18.1. The quantitative estimate of drug-likeness (QED) is 0.817. The second kappa shape index (κ2) is 6.52. The smallest absolute Gasteiger partial charge is 0.438 e. The lowest BCUT2D eigenvalue weighted by Gasteiger charge is -2.42. The fraction of sp³-hybridized carbons (Fsp3) is 0.667.